The van der Waals surface area contributed by atoms with Crippen LogP contribution in [0.3, 0.4) is 0 Å². The van der Waals surface area contributed by atoms with E-state index in [9.17, 15) is 0 Å². The standard InChI is InChI=1S/C3H10Si/c1-3-4-2/h3-4H2,1-2H3/i4D2. The van der Waals surface area contributed by atoms with Crippen molar-refractivity contribution >= 4 is 9.38 Å². The third kappa shape index (κ3) is 2.22. The van der Waals surface area contributed by atoms with Gasteiger partial charge in [0.2, 0.25) is 0 Å². The summed E-state index contributed by atoms with van der Waals surface area (Å²) >= 11 is 0. The lowest BCUT2D eigenvalue weighted by atomic mass is 11.0. The fourth-order valence-corrected chi connectivity index (χ4v) is 0. The fourth-order valence-electron chi connectivity index (χ4n) is 0. The lowest BCUT2D eigenvalue weighted by Gasteiger charge is -1.66. The zero-order valence-electron chi connectivity index (χ0n) is 5.21. The van der Waals surface area contributed by atoms with Crippen LogP contribution < -0.4 is 0 Å². The Labute approximate surface area is 32.5 Å². The summed E-state index contributed by atoms with van der Waals surface area (Å²) in [5.41, 5.74) is 0. The Morgan fingerprint density at radius 2 is 2.50 bits per heavy atom. The minimum atomic E-state index is -2.13. The van der Waals surface area contributed by atoms with Gasteiger partial charge in [-0.3, -0.25) is 0 Å². The first kappa shape index (κ1) is 1.60. The molecule has 0 saturated carbocycles. The van der Waals surface area contributed by atoms with Gasteiger partial charge in [0.05, 0.1) is 0 Å². The topological polar surface area (TPSA) is 0 Å². The van der Waals surface area contributed by atoms with Crippen LogP contribution in [-0.4, -0.2) is 11.9 Å². The second kappa shape index (κ2) is 3.22. The molecule has 0 nitrogen and oxygen atoms in total. The average Bonchev–Trinajstić information content (AvgIpc) is 1.35. The molecule has 0 aromatic rings. The Hall–Kier alpha value is 0.217. The average molecular weight is 76.2 g/mol. The summed E-state index contributed by atoms with van der Waals surface area (Å²) in [5, 5.41) is 0. The highest BCUT2D eigenvalue weighted by Crippen LogP contribution is 1.64. The Bertz CT molecular complexity index is 38.5. The summed E-state index contributed by atoms with van der Waals surface area (Å²) in [6.45, 7) is 3.61. The molecule has 0 unspecified atom stereocenters. The van der Waals surface area contributed by atoms with Crippen LogP contribution >= 0.6 is 0 Å². The van der Waals surface area contributed by atoms with Crippen molar-refractivity contribution in [2.45, 2.75) is 19.5 Å². The van der Waals surface area contributed by atoms with Crippen molar-refractivity contribution in [2.24, 2.45) is 0 Å². The summed E-state index contributed by atoms with van der Waals surface area (Å²) in [6, 6.07) is 0.743. The Balaban J connectivity index is 3.17. The Morgan fingerprint density at radius 1 is 2.25 bits per heavy atom. The van der Waals surface area contributed by atoms with Gasteiger partial charge >= 0.3 is 0 Å². The number of rotatable bonds is 1. The molecule has 0 heterocycles. The SMILES string of the molecule is [2H][Si]([2H])(C)CC. The molecule has 0 fully saturated rings. The van der Waals surface area contributed by atoms with Crippen LogP contribution in [0.2, 0.25) is 12.6 Å². The van der Waals surface area contributed by atoms with Crippen LogP contribution in [0.4, 0.5) is 0 Å². The molecule has 0 aliphatic carbocycles. The van der Waals surface area contributed by atoms with Crippen molar-refractivity contribution in [1.82, 2.24) is 0 Å². The van der Waals surface area contributed by atoms with Crippen molar-refractivity contribution in [3.8, 4) is 0 Å². The maximum atomic E-state index is 6.99. The third-order valence-corrected chi connectivity index (χ3v) is 1.06. The highest BCUT2D eigenvalue weighted by atomic mass is 28.2. The van der Waals surface area contributed by atoms with Gasteiger partial charge in [-0.05, 0) is 0 Å². The van der Waals surface area contributed by atoms with Crippen molar-refractivity contribution in [3.05, 3.63) is 0 Å². The molecule has 1 heteroatoms. The van der Waals surface area contributed by atoms with Crippen molar-refractivity contribution < 1.29 is 0 Å². The van der Waals surface area contributed by atoms with Crippen LogP contribution in [0.15, 0.2) is 0 Å². The molecule has 0 aliphatic rings. The molecule has 0 atom stereocenters. The minimum Gasteiger partial charge on any atom is -0.0748 e. The predicted molar refractivity (Wildman–Crippen MR) is 24.9 cm³/mol. The van der Waals surface area contributed by atoms with Crippen LogP contribution in [0, 0.1) is 0 Å². The zero-order chi connectivity index (χ0) is 5.21. The molecule has 0 N–H and O–H groups in total. The van der Waals surface area contributed by atoms with E-state index in [0.717, 1.165) is 6.04 Å². The summed E-state index contributed by atoms with van der Waals surface area (Å²) in [6.07, 6.45) is 0. The van der Waals surface area contributed by atoms with E-state index in [1.165, 1.54) is 0 Å². The van der Waals surface area contributed by atoms with Gasteiger partial charge in [0.25, 0.3) is 0 Å². The summed E-state index contributed by atoms with van der Waals surface area (Å²) in [7, 11) is -2.13. The first-order chi connectivity index (χ1) is 2.56. The molecular formula is C3H10Si. The van der Waals surface area contributed by atoms with Gasteiger partial charge in [0.1, 0.15) is 0 Å². The number of hydrogen-bond donors (Lipinski definition) is 0. The molecule has 0 radical (unpaired) electrons. The molecule has 4 heavy (non-hydrogen) atoms. The summed E-state index contributed by atoms with van der Waals surface area (Å²) < 4.78 is 14.0. The lowest BCUT2D eigenvalue weighted by molar-refractivity contribution is 1.45. The molecule has 0 aromatic carbocycles. The minimum absolute atomic E-state index is 0.743. The van der Waals surface area contributed by atoms with E-state index in [1.807, 2.05) is 6.92 Å². The van der Waals surface area contributed by atoms with Gasteiger partial charge in [-0.1, -0.05) is 19.5 Å². The molecule has 0 aromatic heterocycles. The van der Waals surface area contributed by atoms with E-state index in [4.69, 9.17) is 2.47 Å². The quantitative estimate of drug-likeness (QED) is 0.402. The molecule has 0 rings (SSSR count). The first-order valence-corrected chi connectivity index (χ1v) is 3.27. The van der Waals surface area contributed by atoms with E-state index in [1.54, 1.807) is 6.55 Å². The monoisotopic (exact) mass is 76.1 g/mol. The van der Waals surface area contributed by atoms with Crippen molar-refractivity contribution in [3.63, 3.8) is 0 Å². The molecular weight excluding hydrogens is 64.1 g/mol. The maximum Gasteiger partial charge on any atom is 0.0163 e. The third-order valence-electron chi connectivity index (χ3n) is 0.354. The summed E-state index contributed by atoms with van der Waals surface area (Å²) in [5.74, 6) is 0. The van der Waals surface area contributed by atoms with Crippen LogP contribution in [0.25, 0.3) is 0 Å². The first-order valence-electron chi connectivity index (χ1n) is 2.56. The van der Waals surface area contributed by atoms with Crippen molar-refractivity contribution in [1.29, 1.82) is 2.47 Å². The van der Waals surface area contributed by atoms with E-state index in [2.05, 4.69) is 0 Å². The summed E-state index contributed by atoms with van der Waals surface area (Å²) in [4.78, 5) is 0. The highest BCUT2D eigenvalue weighted by molar-refractivity contribution is 6.33. The van der Waals surface area contributed by atoms with Gasteiger partial charge in [0, 0.05) is 11.9 Å². The molecule has 0 amide bonds. The zero-order valence-corrected chi connectivity index (χ0v) is 4.21. The lowest BCUT2D eigenvalue weighted by Crippen LogP contribution is -1.67. The largest absolute Gasteiger partial charge is 0.0748 e. The second-order valence-corrected chi connectivity index (χ2v) is 2.12. The van der Waals surface area contributed by atoms with E-state index < -0.39 is 9.38 Å². The van der Waals surface area contributed by atoms with Gasteiger partial charge in [0.15, 0.2) is 0 Å². The molecule has 0 spiro atoms. The van der Waals surface area contributed by atoms with E-state index in [0.29, 0.717) is 0 Å². The molecule has 0 aliphatic heterocycles. The fraction of sp³-hybridized carbons (Fsp3) is 1.00. The predicted octanol–water partition coefficient (Wildman–Crippen LogP) is 0.641. The maximum absolute atomic E-state index is 6.99. The van der Waals surface area contributed by atoms with Crippen LogP contribution in [0.5, 0.6) is 0 Å². The number of hydrogen-bond acceptors (Lipinski definition) is 0. The van der Waals surface area contributed by atoms with Crippen LogP contribution in [0.1, 0.15) is 6.92 Å². The molecule has 0 bridgehead atoms. The Morgan fingerprint density at radius 3 is 2.50 bits per heavy atom. The second-order valence-electron chi connectivity index (χ2n) is 0.707. The highest BCUT2D eigenvalue weighted by Gasteiger charge is 1.58. The Kier molecular flexibility index (Phi) is 1.29. The molecule has 0 saturated heterocycles. The van der Waals surface area contributed by atoms with Crippen LogP contribution in [-0.2, 0) is 0 Å². The normalized spacial score (nSPS) is 18.5. The molecule has 26 valence electrons. The van der Waals surface area contributed by atoms with Crippen molar-refractivity contribution in [2.75, 3.05) is 0 Å². The van der Waals surface area contributed by atoms with Gasteiger partial charge in [-0.25, -0.2) is 0 Å². The smallest absolute Gasteiger partial charge is 0.0163 e. The van der Waals surface area contributed by atoms with E-state index >= 15 is 0 Å². The van der Waals surface area contributed by atoms with E-state index in [-0.39, 0.29) is 0 Å². The van der Waals surface area contributed by atoms with Gasteiger partial charge < -0.3 is 0 Å². The van der Waals surface area contributed by atoms with Gasteiger partial charge in [-0.15, -0.1) is 0 Å². The van der Waals surface area contributed by atoms with Gasteiger partial charge in [-0.2, -0.15) is 0 Å².